The van der Waals surface area contributed by atoms with Gasteiger partial charge in [0, 0.05) is 11.6 Å². The first-order valence-corrected chi connectivity index (χ1v) is 13.5. The number of rotatable bonds is 11. The van der Waals surface area contributed by atoms with Crippen molar-refractivity contribution in [1.82, 2.24) is 5.43 Å². The molecule has 5 aromatic carbocycles. The van der Waals surface area contributed by atoms with Crippen LogP contribution in [0, 0.1) is 0 Å². The van der Waals surface area contributed by atoms with E-state index in [1.165, 1.54) is 24.4 Å². The van der Waals surface area contributed by atoms with Crippen molar-refractivity contribution in [2.45, 2.75) is 6.29 Å². The molecule has 0 fully saturated rings. The van der Waals surface area contributed by atoms with Crippen LogP contribution >= 0.6 is 0 Å². The minimum atomic E-state index is -1.37. The molecule has 218 valence electrons. The van der Waals surface area contributed by atoms with Crippen LogP contribution in [0.2, 0.25) is 0 Å². The van der Waals surface area contributed by atoms with Crippen LogP contribution in [0.1, 0.15) is 26.3 Å². The summed E-state index contributed by atoms with van der Waals surface area (Å²) in [5, 5.41) is 4.04. The number of hydrazone groups is 1. The summed E-state index contributed by atoms with van der Waals surface area (Å²) in [6.07, 6.45) is -0.0803. The van der Waals surface area contributed by atoms with Crippen molar-refractivity contribution in [1.29, 1.82) is 0 Å². The molecule has 9 nitrogen and oxygen atoms in total. The van der Waals surface area contributed by atoms with Crippen molar-refractivity contribution in [3.05, 3.63) is 156 Å². The number of carbonyl (C=O) groups excluding carboxylic acids is 3. The molecule has 0 heterocycles. The molecule has 0 saturated carbocycles. The molecular weight excluding hydrogens is 560 g/mol. The Kier molecular flexibility index (Phi) is 9.72. The smallest absolute Gasteiger partial charge is 0.343 e. The second kappa shape index (κ2) is 14.6. The van der Waals surface area contributed by atoms with E-state index in [4.69, 9.17) is 18.9 Å². The van der Waals surface area contributed by atoms with E-state index in [2.05, 4.69) is 10.5 Å². The fraction of sp³-hybridized carbons (Fsp3) is 0.0286. The molecule has 0 aromatic heterocycles. The Morgan fingerprint density at radius 2 is 1.05 bits per heavy atom. The minimum absolute atomic E-state index is 0.0489. The zero-order valence-electron chi connectivity index (χ0n) is 23.2. The molecule has 0 aliphatic carbocycles. The number of amides is 1. The fourth-order valence-electron chi connectivity index (χ4n) is 3.84. The molecule has 0 saturated heterocycles. The number of benzene rings is 5. The van der Waals surface area contributed by atoms with Gasteiger partial charge >= 0.3 is 24.1 Å². The predicted octanol–water partition coefficient (Wildman–Crippen LogP) is 6.06. The lowest BCUT2D eigenvalue weighted by atomic mass is 10.2. The highest BCUT2D eigenvalue weighted by Crippen LogP contribution is 2.26. The molecule has 9 heteroatoms. The zero-order valence-corrected chi connectivity index (χ0v) is 23.2. The second-order valence-corrected chi connectivity index (χ2v) is 9.14. The van der Waals surface area contributed by atoms with E-state index in [9.17, 15) is 14.4 Å². The van der Waals surface area contributed by atoms with Crippen molar-refractivity contribution < 1.29 is 33.3 Å². The number of hydrogen-bond acceptors (Lipinski definition) is 8. The molecular formula is C35H26N2O7. The van der Waals surface area contributed by atoms with E-state index in [1.807, 2.05) is 12.1 Å². The van der Waals surface area contributed by atoms with Gasteiger partial charge in [0.2, 0.25) is 0 Å². The van der Waals surface area contributed by atoms with Crippen LogP contribution in [-0.2, 0) is 4.79 Å². The van der Waals surface area contributed by atoms with E-state index in [1.54, 1.807) is 109 Å². The number of nitrogens with one attached hydrogen (secondary N) is 1. The van der Waals surface area contributed by atoms with Crippen LogP contribution in [-0.4, -0.2) is 30.4 Å². The van der Waals surface area contributed by atoms with Gasteiger partial charge in [0.1, 0.15) is 23.0 Å². The number of carbonyl (C=O) groups is 3. The quantitative estimate of drug-likeness (QED) is 0.0658. The fourth-order valence-corrected chi connectivity index (χ4v) is 3.84. The first kappa shape index (κ1) is 29.3. The molecule has 0 bridgehead atoms. The third-order valence-corrected chi connectivity index (χ3v) is 5.98. The summed E-state index contributed by atoms with van der Waals surface area (Å²) in [6, 6.07) is 38.8. The van der Waals surface area contributed by atoms with Crippen LogP contribution in [0.25, 0.3) is 0 Å². The van der Waals surface area contributed by atoms with Gasteiger partial charge in [-0.1, -0.05) is 72.8 Å². The highest BCUT2D eigenvalue weighted by Gasteiger charge is 2.23. The Morgan fingerprint density at radius 3 is 1.57 bits per heavy atom. The second-order valence-electron chi connectivity index (χ2n) is 9.14. The van der Waals surface area contributed by atoms with Crippen LogP contribution in [0.15, 0.2) is 145 Å². The summed E-state index contributed by atoms with van der Waals surface area (Å²) in [5.74, 6) is -0.876. The molecule has 5 rings (SSSR count). The van der Waals surface area contributed by atoms with Crippen molar-refractivity contribution >= 4 is 24.1 Å². The van der Waals surface area contributed by atoms with Gasteiger partial charge in [0.15, 0.2) is 0 Å². The summed E-state index contributed by atoms with van der Waals surface area (Å²) in [7, 11) is 0. The topological polar surface area (TPSA) is 113 Å². The average molecular weight is 587 g/mol. The lowest BCUT2D eigenvalue weighted by Crippen LogP contribution is -2.40. The number of nitrogens with zero attached hydrogens (tertiary/aromatic N) is 1. The average Bonchev–Trinajstić information content (AvgIpc) is 3.07. The first-order chi connectivity index (χ1) is 21.5. The van der Waals surface area contributed by atoms with Crippen LogP contribution < -0.4 is 24.4 Å². The Bertz CT molecular complexity index is 1690. The van der Waals surface area contributed by atoms with Gasteiger partial charge < -0.3 is 18.9 Å². The Hall–Kier alpha value is -6.22. The number of para-hydroxylation sites is 2. The summed E-state index contributed by atoms with van der Waals surface area (Å²) < 4.78 is 22.7. The zero-order chi connectivity index (χ0) is 30.6. The molecule has 1 amide bonds. The van der Waals surface area contributed by atoms with E-state index >= 15 is 0 Å². The SMILES string of the molecule is O=C(Oc1ccc(/C=N/NC(=O)C(Oc2ccccc2)Oc2ccccc2)c(OC(=O)c2ccccc2)c1)c1ccccc1. The van der Waals surface area contributed by atoms with E-state index in [0.29, 0.717) is 28.2 Å². The molecule has 0 spiro atoms. The maximum atomic E-state index is 13.1. The van der Waals surface area contributed by atoms with E-state index in [0.717, 1.165) is 0 Å². The van der Waals surface area contributed by atoms with Crippen LogP contribution in [0.4, 0.5) is 0 Å². The van der Waals surface area contributed by atoms with Crippen molar-refractivity contribution in [2.24, 2.45) is 5.10 Å². The minimum Gasteiger partial charge on any atom is -0.446 e. The van der Waals surface area contributed by atoms with Gasteiger partial charge in [-0.2, -0.15) is 5.10 Å². The Balaban J connectivity index is 1.35. The summed E-state index contributed by atoms with van der Waals surface area (Å²) in [4.78, 5) is 38.5. The van der Waals surface area contributed by atoms with Gasteiger partial charge in [0.05, 0.1) is 17.3 Å². The molecule has 44 heavy (non-hydrogen) atoms. The Labute approximate surface area is 253 Å². The highest BCUT2D eigenvalue weighted by molar-refractivity contribution is 5.94. The standard InChI is InChI=1S/C35H26N2O7/c38-32(35(42-28-17-9-3-10-18-28)43-29-19-11-4-12-20-29)37-36-24-27-21-22-30(41-33(39)25-13-5-1-6-14-25)23-31(27)44-34(40)26-15-7-2-8-16-26/h1-24,35H,(H,37,38)/b36-24+. The molecule has 0 atom stereocenters. The number of hydrogen-bond donors (Lipinski definition) is 1. The van der Waals surface area contributed by atoms with Gasteiger partial charge in [0.25, 0.3) is 0 Å². The van der Waals surface area contributed by atoms with Gasteiger partial charge in [-0.05, 0) is 60.7 Å². The third kappa shape index (κ3) is 8.17. The highest BCUT2D eigenvalue weighted by atomic mass is 16.7. The largest absolute Gasteiger partial charge is 0.446 e. The van der Waals surface area contributed by atoms with Crippen molar-refractivity contribution in [2.75, 3.05) is 0 Å². The summed E-state index contributed by atoms with van der Waals surface area (Å²) in [6.45, 7) is 0. The predicted molar refractivity (Wildman–Crippen MR) is 163 cm³/mol. The monoisotopic (exact) mass is 586 g/mol. The van der Waals surface area contributed by atoms with Crippen molar-refractivity contribution in [3.8, 4) is 23.0 Å². The Morgan fingerprint density at radius 1 is 0.568 bits per heavy atom. The molecule has 0 unspecified atom stereocenters. The van der Waals surface area contributed by atoms with E-state index < -0.39 is 24.1 Å². The maximum absolute atomic E-state index is 13.1. The van der Waals surface area contributed by atoms with Crippen molar-refractivity contribution in [3.63, 3.8) is 0 Å². The molecule has 0 aliphatic heterocycles. The van der Waals surface area contributed by atoms with Gasteiger partial charge in [-0.15, -0.1) is 0 Å². The number of esters is 2. The summed E-state index contributed by atoms with van der Waals surface area (Å²) in [5.41, 5.74) is 3.39. The van der Waals surface area contributed by atoms with Crippen LogP contribution in [0.5, 0.6) is 23.0 Å². The van der Waals surface area contributed by atoms with Gasteiger partial charge in [-0.3, -0.25) is 4.79 Å². The number of ether oxygens (including phenoxy) is 4. The third-order valence-electron chi connectivity index (χ3n) is 5.98. The molecule has 0 aliphatic rings. The maximum Gasteiger partial charge on any atom is 0.343 e. The molecule has 1 N–H and O–H groups in total. The normalized spacial score (nSPS) is 10.7. The molecule has 5 aromatic rings. The van der Waals surface area contributed by atoms with Crippen LogP contribution in [0.3, 0.4) is 0 Å². The molecule has 0 radical (unpaired) electrons. The first-order valence-electron chi connectivity index (χ1n) is 13.5. The van der Waals surface area contributed by atoms with E-state index in [-0.39, 0.29) is 11.5 Å². The van der Waals surface area contributed by atoms with Gasteiger partial charge in [-0.25, -0.2) is 15.0 Å². The lowest BCUT2D eigenvalue weighted by molar-refractivity contribution is -0.140. The lowest BCUT2D eigenvalue weighted by Gasteiger charge is -2.18. The summed E-state index contributed by atoms with van der Waals surface area (Å²) >= 11 is 0.